The van der Waals surface area contributed by atoms with Crippen molar-refractivity contribution in [1.29, 1.82) is 0 Å². The average Bonchev–Trinajstić information content (AvgIpc) is 2.59. The summed E-state index contributed by atoms with van der Waals surface area (Å²) in [5, 5.41) is 9.83. The van der Waals surface area contributed by atoms with Crippen molar-refractivity contribution in [2.75, 3.05) is 0 Å². The minimum atomic E-state index is -1.37. The van der Waals surface area contributed by atoms with E-state index in [0.717, 1.165) is 38.5 Å². The van der Waals surface area contributed by atoms with Crippen LogP contribution >= 0.6 is 0 Å². The molecular formula is C21H40O3. The topological polar surface area (TPSA) is 54.4 Å². The van der Waals surface area contributed by atoms with E-state index in [-0.39, 0.29) is 11.6 Å². The molecule has 0 radical (unpaired) electrons. The van der Waals surface area contributed by atoms with Crippen molar-refractivity contribution in [3.8, 4) is 0 Å². The lowest BCUT2D eigenvalue weighted by Crippen LogP contribution is -2.29. The van der Waals surface area contributed by atoms with Gasteiger partial charge in [0.15, 0.2) is 17.7 Å². The van der Waals surface area contributed by atoms with E-state index in [4.69, 9.17) is 0 Å². The van der Waals surface area contributed by atoms with E-state index in [2.05, 4.69) is 13.8 Å². The molecule has 0 saturated heterocycles. The van der Waals surface area contributed by atoms with Crippen LogP contribution in [0, 0.1) is 0 Å². The first-order valence-electron chi connectivity index (χ1n) is 10.4. The summed E-state index contributed by atoms with van der Waals surface area (Å²) in [7, 11) is 0. The number of hydrogen-bond donors (Lipinski definition) is 1. The van der Waals surface area contributed by atoms with Crippen LogP contribution < -0.4 is 0 Å². The van der Waals surface area contributed by atoms with Gasteiger partial charge in [0.1, 0.15) is 0 Å². The predicted octanol–water partition coefficient (Wildman–Crippen LogP) is 5.77. The van der Waals surface area contributed by atoms with Gasteiger partial charge in [-0.1, -0.05) is 90.9 Å². The highest BCUT2D eigenvalue weighted by Crippen LogP contribution is 2.12. The molecule has 0 aliphatic carbocycles. The van der Waals surface area contributed by atoms with Crippen LogP contribution in [-0.4, -0.2) is 22.8 Å². The van der Waals surface area contributed by atoms with Crippen molar-refractivity contribution >= 4 is 11.6 Å². The largest absolute Gasteiger partial charge is 0.378 e. The number of carbonyl (C=O) groups excluding carboxylic acids is 2. The zero-order valence-electron chi connectivity index (χ0n) is 16.2. The zero-order chi connectivity index (χ0) is 18.0. The Morgan fingerprint density at radius 1 is 0.583 bits per heavy atom. The van der Waals surface area contributed by atoms with E-state index in [1.54, 1.807) is 0 Å². The second kappa shape index (κ2) is 17.1. The van der Waals surface area contributed by atoms with Crippen LogP contribution in [0.25, 0.3) is 0 Å². The van der Waals surface area contributed by atoms with Gasteiger partial charge in [0.25, 0.3) is 0 Å². The Balaban J connectivity index is 3.59. The number of carbonyl (C=O) groups is 2. The summed E-state index contributed by atoms with van der Waals surface area (Å²) in [6.07, 6.45) is 15.3. The highest BCUT2D eigenvalue weighted by Gasteiger charge is 2.22. The second-order valence-corrected chi connectivity index (χ2v) is 7.08. The van der Waals surface area contributed by atoms with Gasteiger partial charge in [-0.15, -0.1) is 0 Å². The molecule has 0 rings (SSSR count). The van der Waals surface area contributed by atoms with E-state index < -0.39 is 6.10 Å². The molecule has 0 atom stereocenters. The second-order valence-electron chi connectivity index (χ2n) is 7.08. The molecule has 0 aliphatic rings. The third-order valence-electron chi connectivity index (χ3n) is 4.66. The number of unbranched alkanes of at least 4 members (excludes halogenated alkanes) is 12. The fraction of sp³-hybridized carbons (Fsp3) is 0.905. The number of aliphatic hydroxyl groups excluding tert-OH is 1. The molecule has 0 spiro atoms. The zero-order valence-corrected chi connectivity index (χ0v) is 16.2. The summed E-state index contributed by atoms with van der Waals surface area (Å²) < 4.78 is 0. The van der Waals surface area contributed by atoms with Crippen LogP contribution in [0.3, 0.4) is 0 Å². The maximum absolute atomic E-state index is 11.9. The van der Waals surface area contributed by atoms with Crippen LogP contribution in [0.1, 0.15) is 117 Å². The highest BCUT2D eigenvalue weighted by atomic mass is 16.3. The van der Waals surface area contributed by atoms with Gasteiger partial charge in [-0.3, -0.25) is 9.59 Å². The standard InChI is InChI=1S/C21H40O3/c1-3-5-7-9-11-13-15-17-19(22)21(24)20(23)18-16-14-12-10-8-6-4-2/h21,24H,3-18H2,1-2H3. The van der Waals surface area contributed by atoms with Gasteiger partial charge >= 0.3 is 0 Å². The van der Waals surface area contributed by atoms with Crippen LogP contribution in [0.5, 0.6) is 0 Å². The monoisotopic (exact) mass is 340 g/mol. The average molecular weight is 341 g/mol. The molecule has 0 fully saturated rings. The lowest BCUT2D eigenvalue weighted by Gasteiger charge is -2.09. The van der Waals surface area contributed by atoms with Crippen molar-refractivity contribution in [3.05, 3.63) is 0 Å². The summed E-state index contributed by atoms with van der Waals surface area (Å²) in [6.45, 7) is 4.40. The van der Waals surface area contributed by atoms with E-state index in [0.29, 0.717) is 12.8 Å². The summed E-state index contributed by atoms with van der Waals surface area (Å²) >= 11 is 0. The molecule has 0 unspecified atom stereocenters. The lowest BCUT2D eigenvalue weighted by molar-refractivity contribution is -0.138. The molecule has 3 heteroatoms. The summed E-state index contributed by atoms with van der Waals surface area (Å²) in [6, 6.07) is 0. The van der Waals surface area contributed by atoms with Crippen molar-refractivity contribution in [2.45, 2.75) is 123 Å². The van der Waals surface area contributed by atoms with E-state index >= 15 is 0 Å². The number of ketones is 2. The number of hydrogen-bond acceptors (Lipinski definition) is 3. The number of Topliss-reactive ketones (excluding diaryl/α,β-unsaturated/α-hetero) is 2. The van der Waals surface area contributed by atoms with Gasteiger partial charge < -0.3 is 5.11 Å². The predicted molar refractivity (Wildman–Crippen MR) is 101 cm³/mol. The fourth-order valence-corrected chi connectivity index (χ4v) is 2.97. The molecule has 0 bridgehead atoms. The number of rotatable bonds is 18. The first-order valence-corrected chi connectivity index (χ1v) is 10.4. The van der Waals surface area contributed by atoms with Gasteiger partial charge in [-0.2, -0.15) is 0 Å². The van der Waals surface area contributed by atoms with Crippen LogP contribution in [0.4, 0.5) is 0 Å². The van der Waals surface area contributed by atoms with Gasteiger partial charge in [0.05, 0.1) is 0 Å². The normalized spacial score (nSPS) is 11.2. The van der Waals surface area contributed by atoms with Gasteiger partial charge in [-0.25, -0.2) is 0 Å². The Labute approximate surface area is 149 Å². The molecule has 0 aromatic carbocycles. The van der Waals surface area contributed by atoms with Gasteiger partial charge in [0, 0.05) is 12.8 Å². The fourth-order valence-electron chi connectivity index (χ4n) is 2.97. The Hall–Kier alpha value is -0.700. The molecule has 0 aliphatic heterocycles. The third-order valence-corrected chi connectivity index (χ3v) is 4.66. The first kappa shape index (κ1) is 23.3. The molecule has 0 amide bonds. The smallest absolute Gasteiger partial charge is 0.170 e. The Morgan fingerprint density at radius 3 is 1.21 bits per heavy atom. The molecule has 24 heavy (non-hydrogen) atoms. The van der Waals surface area contributed by atoms with Crippen LogP contribution in [-0.2, 0) is 9.59 Å². The maximum atomic E-state index is 11.9. The Morgan fingerprint density at radius 2 is 0.875 bits per heavy atom. The SMILES string of the molecule is CCCCCCCCCC(=O)C(O)C(=O)CCCCCCCCC. The Bertz CT molecular complexity index is 282. The van der Waals surface area contributed by atoms with E-state index in [9.17, 15) is 14.7 Å². The molecule has 0 heterocycles. The maximum Gasteiger partial charge on any atom is 0.170 e. The molecule has 142 valence electrons. The van der Waals surface area contributed by atoms with Gasteiger partial charge in [0.2, 0.25) is 0 Å². The summed E-state index contributed by atoms with van der Waals surface area (Å²) in [4.78, 5) is 23.7. The van der Waals surface area contributed by atoms with E-state index in [1.807, 2.05) is 0 Å². The molecular weight excluding hydrogens is 300 g/mol. The third kappa shape index (κ3) is 13.7. The molecule has 0 aromatic rings. The quantitative estimate of drug-likeness (QED) is 0.255. The summed E-state index contributed by atoms with van der Waals surface area (Å²) in [5.41, 5.74) is 0. The van der Waals surface area contributed by atoms with E-state index in [1.165, 1.54) is 51.4 Å². The van der Waals surface area contributed by atoms with Crippen molar-refractivity contribution in [2.24, 2.45) is 0 Å². The van der Waals surface area contributed by atoms with Crippen molar-refractivity contribution in [3.63, 3.8) is 0 Å². The highest BCUT2D eigenvalue weighted by molar-refractivity contribution is 6.04. The minimum absolute atomic E-state index is 0.281. The molecule has 0 aromatic heterocycles. The number of aliphatic hydroxyl groups is 1. The molecule has 0 saturated carbocycles. The summed E-state index contributed by atoms with van der Waals surface area (Å²) in [5.74, 6) is -0.562. The van der Waals surface area contributed by atoms with Crippen molar-refractivity contribution in [1.82, 2.24) is 0 Å². The lowest BCUT2D eigenvalue weighted by atomic mass is 9.99. The Kier molecular flexibility index (Phi) is 16.6. The van der Waals surface area contributed by atoms with Crippen molar-refractivity contribution < 1.29 is 14.7 Å². The van der Waals surface area contributed by atoms with Crippen LogP contribution in [0.15, 0.2) is 0 Å². The molecule has 1 N–H and O–H groups in total. The van der Waals surface area contributed by atoms with Gasteiger partial charge in [-0.05, 0) is 12.8 Å². The first-order chi connectivity index (χ1) is 11.6. The van der Waals surface area contributed by atoms with Crippen LogP contribution in [0.2, 0.25) is 0 Å². The minimum Gasteiger partial charge on any atom is -0.378 e. The molecule has 3 nitrogen and oxygen atoms in total.